The fourth-order valence-corrected chi connectivity index (χ4v) is 2.38. The van der Waals surface area contributed by atoms with Crippen molar-refractivity contribution in [1.29, 1.82) is 0 Å². The lowest BCUT2D eigenvalue weighted by Crippen LogP contribution is -2.22. The molecule has 0 spiro atoms. The summed E-state index contributed by atoms with van der Waals surface area (Å²) in [6.07, 6.45) is 7.73. The SMILES string of the molecule is CSc1nnc(C2CCCCC2)c(=O)[nH]1. The fourth-order valence-electron chi connectivity index (χ4n) is 2.07. The maximum Gasteiger partial charge on any atom is 0.273 e. The predicted octanol–water partition coefficient (Wildman–Crippen LogP) is 1.93. The average molecular weight is 225 g/mol. The lowest BCUT2D eigenvalue weighted by atomic mass is 9.87. The molecule has 82 valence electrons. The van der Waals surface area contributed by atoms with Gasteiger partial charge in [0.15, 0.2) is 5.16 Å². The molecule has 1 saturated carbocycles. The molecule has 0 bridgehead atoms. The Morgan fingerprint density at radius 2 is 2.00 bits per heavy atom. The normalized spacial score (nSPS) is 17.9. The van der Waals surface area contributed by atoms with E-state index in [4.69, 9.17) is 0 Å². The quantitative estimate of drug-likeness (QED) is 0.781. The van der Waals surface area contributed by atoms with E-state index in [9.17, 15) is 4.79 Å². The van der Waals surface area contributed by atoms with Crippen LogP contribution < -0.4 is 5.56 Å². The average Bonchev–Trinajstić information content (AvgIpc) is 2.30. The summed E-state index contributed by atoms with van der Waals surface area (Å²) in [5.74, 6) is 0.325. The monoisotopic (exact) mass is 225 g/mol. The van der Waals surface area contributed by atoms with Gasteiger partial charge in [-0.1, -0.05) is 31.0 Å². The number of nitrogens with one attached hydrogen (secondary N) is 1. The number of thioether (sulfide) groups is 1. The first kappa shape index (κ1) is 10.7. The molecule has 15 heavy (non-hydrogen) atoms. The number of H-pyrrole nitrogens is 1. The maximum absolute atomic E-state index is 11.7. The second kappa shape index (κ2) is 4.79. The highest BCUT2D eigenvalue weighted by atomic mass is 32.2. The van der Waals surface area contributed by atoms with E-state index in [2.05, 4.69) is 15.2 Å². The van der Waals surface area contributed by atoms with E-state index in [1.165, 1.54) is 31.0 Å². The van der Waals surface area contributed by atoms with Crippen LogP contribution >= 0.6 is 11.8 Å². The summed E-state index contributed by atoms with van der Waals surface area (Å²) in [6, 6.07) is 0. The first-order valence-electron chi connectivity index (χ1n) is 5.32. The van der Waals surface area contributed by atoms with Crippen LogP contribution in [0.5, 0.6) is 0 Å². The Labute approximate surface area is 92.9 Å². The molecule has 0 radical (unpaired) electrons. The zero-order valence-electron chi connectivity index (χ0n) is 8.82. The molecule has 0 saturated heterocycles. The van der Waals surface area contributed by atoms with E-state index >= 15 is 0 Å². The van der Waals surface area contributed by atoms with Crippen molar-refractivity contribution in [2.45, 2.75) is 43.2 Å². The molecule has 2 rings (SSSR count). The van der Waals surface area contributed by atoms with Crippen molar-refractivity contribution in [3.63, 3.8) is 0 Å². The molecule has 0 amide bonds. The number of nitrogens with zero attached hydrogens (tertiary/aromatic N) is 2. The van der Waals surface area contributed by atoms with Gasteiger partial charge in [-0.15, -0.1) is 10.2 Å². The van der Waals surface area contributed by atoms with E-state index in [0.29, 0.717) is 16.8 Å². The van der Waals surface area contributed by atoms with E-state index in [1.54, 1.807) is 0 Å². The predicted molar refractivity (Wildman–Crippen MR) is 60.3 cm³/mol. The smallest absolute Gasteiger partial charge is 0.273 e. The van der Waals surface area contributed by atoms with Gasteiger partial charge in [0.05, 0.1) is 0 Å². The first-order chi connectivity index (χ1) is 7.31. The maximum atomic E-state index is 11.7. The van der Waals surface area contributed by atoms with Gasteiger partial charge in [0.25, 0.3) is 5.56 Å². The van der Waals surface area contributed by atoms with Crippen LogP contribution in [0.15, 0.2) is 9.95 Å². The highest BCUT2D eigenvalue weighted by molar-refractivity contribution is 7.98. The van der Waals surface area contributed by atoms with E-state index in [-0.39, 0.29) is 5.56 Å². The zero-order chi connectivity index (χ0) is 10.7. The molecule has 1 heterocycles. The minimum absolute atomic E-state index is 0.0544. The Kier molecular flexibility index (Phi) is 3.41. The molecule has 0 atom stereocenters. The summed E-state index contributed by atoms with van der Waals surface area (Å²) in [5.41, 5.74) is 0.578. The second-order valence-electron chi connectivity index (χ2n) is 3.88. The molecular formula is C10H15N3OS. The van der Waals surface area contributed by atoms with Crippen LogP contribution in [0.1, 0.15) is 43.7 Å². The first-order valence-corrected chi connectivity index (χ1v) is 6.54. The molecule has 0 aromatic carbocycles. The Bertz CT molecular complexity index is 384. The van der Waals surface area contributed by atoms with E-state index in [0.717, 1.165) is 12.8 Å². The summed E-state index contributed by atoms with van der Waals surface area (Å²) in [4.78, 5) is 14.5. The van der Waals surface area contributed by atoms with Gasteiger partial charge in [-0.2, -0.15) is 0 Å². The van der Waals surface area contributed by atoms with Gasteiger partial charge < -0.3 is 0 Å². The minimum atomic E-state index is -0.0544. The van der Waals surface area contributed by atoms with Gasteiger partial charge in [0.2, 0.25) is 0 Å². The second-order valence-corrected chi connectivity index (χ2v) is 4.68. The van der Waals surface area contributed by atoms with Crippen molar-refractivity contribution in [3.05, 3.63) is 16.0 Å². The van der Waals surface area contributed by atoms with E-state index < -0.39 is 0 Å². The summed E-state index contributed by atoms with van der Waals surface area (Å²) >= 11 is 1.41. The summed E-state index contributed by atoms with van der Waals surface area (Å²) in [6.45, 7) is 0. The highest BCUT2D eigenvalue weighted by Crippen LogP contribution is 2.29. The molecule has 1 fully saturated rings. The Morgan fingerprint density at radius 1 is 1.27 bits per heavy atom. The Morgan fingerprint density at radius 3 is 2.60 bits per heavy atom. The molecule has 4 nitrogen and oxygen atoms in total. The van der Waals surface area contributed by atoms with Crippen molar-refractivity contribution < 1.29 is 0 Å². The van der Waals surface area contributed by atoms with Crippen LogP contribution in [0.2, 0.25) is 0 Å². The summed E-state index contributed by atoms with van der Waals surface area (Å²) in [7, 11) is 0. The number of rotatable bonds is 2. The lowest BCUT2D eigenvalue weighted by molar-refractivity contribution is 0.428. The van der Waals surface area contributed by atoms with Crippen LogP contribution in [0, 0.1) is 0 Å². The third kappa shape index (κ3) is 2.40. The number of hydrogen-bond acceptors (Lipinski definition) is 4. The van der Waals surface area contributed by atoms with Gasteiger partial charge >= 0.3 is 0 Å². The van der Waals surface area contributed by atoms with Crippen LogP contribution in [0.4, 0.5) is 0 Å². The molecule has 1 aliphatic carbocycles. The van der Waals surface area contributed by atoms with Crippen LogP contribution in [0.3, 0.4) is 0 Å². The summed E-state index contributed by atoms with van der Waals surface area (Å²) < 4.78 is 0. The molecule has 0 aliphatic heterocycles. The molecule has 5 heteroatoms. The third-order valence-corrected chi connectivity index (χ3v) is 3.46. The van der Waals surface area contributed by atoms with Crippen molar-refractivity contribution >= 4 is 11.8 Å². The molecule has 1 aromatic heterocycles. The van der Waals surface area contributed by atoms with Crippen molar-refractivity contribution in [2.75, 3.05) is 6.26 Å². The zero-order valence-corrected chi connectivity index (χ0v) is 9.64. The van der Waals surface area contributed by atoms with Gasteiger partial charge in [-0.25, -0.2) is 0 Å². The van der Waals surface area contributed by atoms with Crippen LogP contribution in [-0.2, 0) is 0 Å². The largest absolute Gasteiger partial charge is 0.298 e. The number of aromatic amines is 1. The number of hydrogen-bond donors (Lipinski definition) is 1. The molecule has 1 aromatic rings. The van der Waals surface area contributed by atoms with Gasteiger partial charge in [0.1, 0.15) is 5.69 Å². The van der Waals surface area contributed by atoms with Gasteiger partial charge in [-0.05, 0) is 19.1 Å². The third-order valence-electron chi connectivity index (χ3n) is 2.89. The highest BCUT2D eigenvalue weighted by Gasteiger charge is 2.20. The van der Waals surface area contributed by atoms with Crippen LogP contribution in [0.25, 0.3) is 0 Å². The van der Waals surface area contributed by atoms with Gasteiger partial charge in [0, 0.05) is 5.92 Å². The molecule has 1 aliphatic rings. The summed E-state index contributed by atoms with van der Waals surface area (Å²) in [5, 5.41) is 8.65. The topological polar surface area (TPSA) is 58.6 Å². The van der Waals surface area contributed by atoms with E-state index in [1.807, 2.05) is 6.26 Å². The van der Waals surface area contributed by atoms with Crippen LogP contribution in [-0.4, -0.2) is 21.4 Å². The Balaban J connectivity index is 2.24. The standard InChI is InChI=1S/C10H15N3OS/c1-15-10-11-9(14)8(12-13-10)7-5-3-2-4-6-7/h7H,2-6H2,1H3,(H,11,13,14). The molecule has 1 N–H and O–H groups in total. The fraction of sp³-hybridized carbons (Fsp3) is 0.700. The lowest BCUT2D eigenvalue weighted by Gasteiger charge is -2.19. The molecular weight excluding hydrogens is 210 g/mol. The van der Waals surface area contributed by atoms with Gasteiger partial charge in [-0.3, -0.25) is 9.78 Å². The number of aromatic nitrogens is 3. The Hall–Kier alpha value is -0.840. The minimum Gasteiger partial charge on any atom is -0.298 e. The molecule has 0 unspecified atom stereocenters. The van der Waals surface area contributed by atoms with Crippen molar-refractivity contribution in [3.8, 4) is 0 Å². The van der Waals surface area contributed by atoms with Crippen molar-refractivity contribution in [2.24, 2.45) is 0 Å². The van der Waals surface area contributed by atoms with Crippen molar-refractivity contribution in [1.82, 2.24) is 15.2 Å².